The summed E-state index contributed by atoms with van der Waals surface area (Å²) in [6, 6.07) is 18.1. The lowest BCUT2D eigenvalue weighted by atomic mass is 10.1. The number of amides is 2. The van der Waals surface area contributed by atoms with Crippen molar-refractivity contribution in [3.8, 4) is 0 Å². The van der Waals surface area contributed by atoms with Gasteiger partial charge in [-0.2, -0.15) is 0 Å². The maximum Gasteiger partial charge on any atom is 0.231 e. The van der Waals surface area contributed by atoms with Crippen LogP contribution in [0.2, 0.25) is 0 Å². The van der Waals surface area contributed by atoms with Crippen molar-refractivity contribution in [3.05, 3.63) is 70.7 Å². The Balaban J connectivity index is 1.30. The van der Waals surface area contributed by atoms with Crippen molar-refractivity contribution < 1.29 is 9.59 Å². The molecule has 0 unspecified atom stereocenters. The number of aryl methyl sites for hydroxylation is 3. The van der Waals surface area contributed by atoms with Gasteiger partial charge >= 0.3 is 0 Å². The molecule has 3 aromatic rings. The fraction of sp³-hybridized carbons (Fsp3) is 0.304. The Hall–Kier alpha value is -3.06. The van der Waals surface area contributed by atoms with Crippen molar-refractivity contribution >= 4 is 34.0 Å². The largest absolute Gasteiger partial charge is 0.311 e. The fourth-order valence-corrected chi connectivity index (χ4v) is 4.47. The van der Waals surface area contributed by atoms with Gasteiger partial charge in [0, 0.05) is 25.1 Å². The molecule has 1 aliphatic heterocycles. The molecule has 1 aromatic heterocycles. The van der Waals surface area contributed by atoms with Crippen LogP contribution in [0.3, 0.4) is 0 Å². The maximum absolute atomic E-state index is 12.7. The Morgan fingerprint density at radius 1 is 1.10 bits per heavy atom. The van der Waals surface area contributed by atoms with E-state index in [1.54, 1.807) is 4.90 Å². The number of hydrogen-bond donors (Lipinski definition) is 1. The van der Waals surface area contributed by atoms with Crippen LogP contribution in [0.15, 0.2) is 54.6 Å². The summed E-state index contributed by atoms with van der Waals surface area (Å²) in [5.74, 6) is -0.586. The molecule has 2 amide bonds. The van der Waals surface area contributed by atoms with Gasteiger partial charge in [0.25, 0.3) is 0 Å². The predicted octanol–water partition coefficient (Wildman–Crippen LogP) is 4.01. The molecule has 0 spiro atoms. The van der Waals surface area contributed by atoms with Crippen LogP contribution in [0.4, 0.5) is 10.8 Å². The number of hydrogen-bond acceptors (Lipinski definition) is 5. The Morgan fingerprint density at radius 3 is 2.67 bits per heavy atom. The van der Waals surface area contributed by atoms with E-state index in [2.05, 4.69) is 27.6 Å². The molecule has 1 aliphatic rings. The van der Waals surface area contributed by atoms with Crippen LogP contribution in [0.25, 0.3) is 0 Å². The van der Waals surface area contributed by atoms with Crippen molar-refractivity contribution in [2.45, 2.75) is 32.6 Å². The summed E-state index contributed by atoms with van der Waals surface area (Å²) in [6.07, 6.45) is 3.00. The summed E-state index contributed by atoms with van der Waals surface area (Å²) in [4.78, 5) is 26.8. The second kappa shape index (κ2) is 9.17. The van der Waals surface area contributed by atoms with Crippen LogP contribution < -0.4 is 10.2 Å². The summed E-state index contributed by atoms with van der Waals surface area (Å²) in [6.45, 7) is 2.36. The molecule has 6 nitrogen and oxygen atoms in total. The van der Waals surface area contributed by atoms with Gasteiger partial charge in [0.15, 0.2) is 0 Å². The molecule has 2 heterocycles. The number of para-hydroxylation sites is 1. The first-order valence-corrected chi connectivity index (χ1v) is 10.9. The molecule has 0 aliphatic carbocycles. The lowest BCUT2D eigenvalue weighted by Crippen LogP contribution is -2.28. The monoisotopic (exact) mass is 420 g/mol. The topological polar surface area (TPSA) is 75.2 Å². The SMILES string of the molecule is Cc1ccccc1N1C[C@H](C(=O)Nc2nnc(CCCc3ccccc3)s2)CC1=O. The van der Waals surface area contributed by atoms with Gasteiger partial charge in [-0.15, -0.1) is 10.2 Å². The molecule has 1 atom stereocenters. The maximum atomic E-state index is 12.7. The number of nitrogens with zero attached hydrogens (tertiary/aromatic N) is 3. The summed E-state index contributed by atoms with van der Waals surface area (Å²) in [7, 11) is 0. The molecule has 30 heavy (non-hydrogen) atoms. The second-order valence-electron chi connectivity index (χ2n) is 7.52. The van der Waals surface area contributed by atoms with Crippen molar-refractivity contribution in [1.29, 1.82) is 0 Å². The first-order valence-electron chi connectivity index (χ1n) is 10.1. The number of anilines is 2. The zero-order chi connectivity index (χ0) is 20.9. The van der Waals surface area contributed by atoms with Crippen LogP contribution >= 0.6 is 11.3 Å². The van der Waals surface area contributed by atoms with E-state index in [0.717, 1.165) is 35.5 Å². The zero-order valence-electron chi connectivity index (χ0n) is 16.9. The third-order valence-corrected chi connectivity index (χ3v) is 6.20. The third kappa shape index (κ3) is 4.74. The van der Waals surface area contributed by atoms with Crippen molar-refractivity contribution in [1.82, 2.24) is 10.2 Å². The summed E-state index contributed by atoms with van der Waals surface area (Å²) < 4.78 is 0. The molecule has 1 fully saturated rings. The molecule has 154 valence electrons. The second-order valence-corrected chi connectivity index (χ2v) is 8.58. The number of carbonyl (C=O) groups excluding carboxylic acids is 2. The number of carbonyl (C=O) groups is 2. The van der Waals surface area contributed by atoms with Gasteiger partial charge < -0.3 is 10.2 Å². The molecule has 0 radical (unpaired) electrons. The quantitative estimate of drug-likeness (QED) is 0.627. The highest BCUT2D eigenvalue weighted by Crippen LogP contribution is 2.28. The van der Waals surface area contributed by atoms with E-state index in [4.69, 9.17) is 0 Å². The number of rotatable bonds is 7. The predicted molar refractivity (Wildman–Crippen MR) is 119 cm³/mol. The molecular formula is C23H24N4O2S. The minimum atomic E-state index is -0.387. The molecular weight excluding hydrogens is 396 g/mol. The summed E-state index contributed by atoms with van der Waals surface area (Å²) in [5, 5.41) is 12.5. The lowest BCUT2D eigenvalue weighted by Gasteiger charge is -2.18. The van der Waals surface area contributed by atoms with Gasteiger partial charge in [-0.25, -0.2) is 0 Å². The van der Waals surface area contributed by atoms with Crippen molar-refractivity contribution in [3.63, 3.8) is 0 Å². The lowest BCUT2D eigenvalue weighted by molar-refractivity contribution is -0.122. The van der Waals surface area contributed by atoms with Crippen LogP contribution in [0.5, 0.6) is 0 Å². The molecule has 1 N–H and O–H groups in total. The highest BCUT2D eigenvalue weighted by atomic mass is 32.1. The first kappa shape index (κ1) is 20.2. The van der Waals surface area contributed by atoms with E-state index < -0.39 is 0 Å². The van der Waals surface area contributed by atoms with E-state index in [-0.39, 0.29) is 24.2 Å². The van der Waals surface area contributed by atoms with Crippen LogP contribution in [0, 0.1) is 12.8 Å². The van der Waals surface area contributed by atoms with Crippen LogP contribution in [0.1, 0.15) is 29.0 Å². The van der Waals surface area contributed by atoms with Crippen LogP contribution in [-0.2, 0) is 22.4 Å². The molecule has 0 bridgehead atoms. The first-order chi connectivity index (χ1) is 14.6. The van der Waals surface area contributed by atoms with Crippen LogP contribution in [-0.4, -0.2) is 28.6 Å². The van der Waals surface area contributed by atoms with E-state index in [9.17, 15) is 9.59 Å². The number of benzene rings is 2. The van der Waals surface area contributed by atoms with Gasteiger partial charge in [-0.05, 0) is 37.0 Å². The molecule has 0 saturated carbocycles. The number of aromatic nitrogens is 2. The Labute approximate surface area is 180 Å². The Kier molecular flexibility index (Phi) is 6.18. The molecule has 1 saturated heterocycles. The minimum absolute atomic E-state index is 0.0247. The van der Waals surface area contributed by atoms with Gasteiger partial charge in [0.2, 0.25) is 16.9 Å². The van der Waals surface area contributed by atoms with E-state index in [0.29, 0.717) is 11.7 Å². The highest BCUT2D eigenvalue weighted by Gasteiger charge is 2.35. The standard InChI is InChI=1S/C23H24N4O2S/c1-16-8-5-6-12-19(16)27-15-18(14-21(27)28)22(29)24-23-26-25-20(30-23)13-7-11-17-9-3-2-4-10-17/h2-6,8-10,12,18H,7,11,13-15H2,1H3,(H,24,26,29)/t18-/m1/s1. The third-order valence-electron chi connectivity index (χ3n) is 5.30. The molecule has 7 heteroatoms. The van der Waals surface area contributed by atoms with E-state index in [1.165, 1.54) is 16.9 Å². The average molecular weight is 421 g/mol. The fourth-order valence-electron chi connectivity index (χ4n) is 3.68. The molecule has 2 aromatic carbocycles. The van der Waals surface area contributed by atoms with Gasteiger partial charge in [0.1, 0.15) is 5.01 Å². The zero-order valence-corrected chi connectivity index (χ0v) is 17.7. The minimum Gasteiger partial charge on any atom is -0.311 e. The van der Waals surface area contributed by atoms with E-state index >= 15 is 0 Å². The summed E-state index contributed by atoms with van der Waals surface area (Å²) in [5.41, 5.74) is 3.20. The van der Waals surface area contributed by atoms with Gasteiger partial charge in [0.05, 0.1) is 5.92 Å². The van der Waals surface area contributed by atoms with Crippen molar-refractivity contribution in [2.24, 2.45) is 5.92 Å². The van der Waals surface area contributed by atoms with Gasteiger partial charge in [-0.1, -0.05) is 59.9 Å². The average Bonchev–Trinajstić information content (AvgIpc) is 3.36. The van der Waals surface area contributed by atoms with Crippen molar-refractivity contribution in [2.75, 3.05) is 16.8 Å². The molecule has 4 rings (SSSR count). The smallest absolute Gasteiger partial charge is 0.231 e. The summed E-state index contributed by atoms with van der Waals surface area (Å²) >= 11 is 1.40. The van der Waals surface area contributed by atoms with Gasteiger partial charge in [-0.3, -0.25) is 9.59 Å². The van der Waals surface area contributed by atoms with E-state index in [1.807, 2.05) is 49.4 Å². The normalized spacial score (nSPS) is 16.1. The highest BCUT2D eigenvalue weighted by molar-refractivity contribution is 7.15. The Bertz CT molecular complexity index is 1030. The Morgan fingerprint density at radius 2 is 1.87 bits per heavy atom. The number of nitrogens with one attached hydrogen (secondary N) is 1.